The Bertz CT molecular complexity index is 473. The zero-order valence-corrected chi connectivity index (χ0v) is 7.88. The van der Waals surface area contributed by atoms with Crippen LogP contribution >= 0.6 is 11.6 Å². The third-order valence-electron chi connectivity index (χ3n) is 2.16. The molecule has 0 amide bonds. The smallest absolute Gasteiger partial charge is 0.152 e. The number of para-hydroxylation sites is 1. The second-order valence-electron chi connectivity index (χ2n) is 2.93. The van der Waals surface area contributed by atoms with Crippen LogP contribution in [-0.2, 0) is 7.05 Å². The monoisotopic (exact) mass is 193 g/mol. The molecule has 0 unspecified atom stereocenters. The van der Waals surface area contributed by atoms with Gasteiger partial charge in [0.05, 0.1) is 5.52 Å². The summed E-state index contributed by atoms with van der Waals surface area (Å²) >= 11 is 5.93. The van der Waals surface area contributed by atoms with E-state index in [1.807, 2.05) is 25.2 Å². The van der Waals surface area contributed by atoms with Crippen LogP contribution in [0.25, 0.3) is 10.9 Å². The summed E-state index contributed by atoms with van der Waals surface area (Å²) in [6.45, 7) is 0. The average molecular weight is 194 g/mol. The molecule has 3 heteroatoms. The molecule has 1 aromatic carbocycles. The molecule has 0 saturated carbocycles. The quantitative estimate of drug-likeness (QED) is 0.639. The van der Waals surface area contributed by atoms with Gasteiger partial charge in [0.25, 0.3) is 0 Å². The number of nitrogens with zero attached hydrogens (tertiary/aromatic N) is 1. The van der Waals surface area contributed by atoms with E-state index in [9.17, 15) is 4.79 Å². The fraction of sp³-hybridized carbons (Fsp3) is 0.100. The highest BCUT2D eigenvalue weighted by molar-refractivity contribution is 6.31. The molecule has 1 aromatic heterocycles. The van der Waals surface area contributed by atoms with Gasteiger partial charge >= 0.3 is 0 Å². The van der Waals surface area contributed by atoms with Crippen LogP contribution in [0.15, 0.2) is 24.3 Å². The molecule has 0 saturated heterocycles. The van der Waals surface area contributed by atoms with E-state index in [0.29, 0.717) is 10.7 Å². The summed E-state index contributed by atoms with van der Waals surface area (Å²) in [5, 5.41) is 1.64. The van der Waals surface area contributed by atoms with Crippen LogP contribution in [-0.4, -0.2) is 10.9 Å². The maximum absolute atomic E-state index is 10.7. The number of carbonyl (C=O) groups excluding carboxylic acids is 1. The molecule has 0 fully saturated rings. The zero-order valence-electron chi connectivity index (χ0n) is 7.12. The SMILES string of the molecule is Cn1c(Cl)cc2cccc(C=O)c21. The lowest BCUT2D eigenvalue weighted by Crippen LogP contribution is -1.91. The lowest BCUT2D eigenvalue weighted by Gasteiger charge is -1.99. The van der Waals surface area contributed by atoms with Gasteiger partial charge in [-0.1, -0.05) is 23.7 Å². The molecule has 0 spiro atoms. The van der Waals surface area contributed by atoms with E-state index in [2.05, 4.69) is 0 Å². The Kier molecular flexibility index (Phi) is 1.85. The fourth-order valence-corrected chi connectivity index (χ4v) is 1.71. The third kappa shape index (κ3) is 1.14. The molecule has 0 aliphatic carbocycles. The molecule has 0 radical (unpaired) electrons. The van der Waals surface area contributed by atoms with Crippen LogP contribution in [0.1, 0.15) is 10.4 Å². The Morgan fingerprint density at radius 3 is 2.92 bits per heavy atom. The van der Waals surface area contributed by atoms with Crippen molar-refractivity contribution in [2.24, 2.45) is 7.05 Å². The van der Waals surface area contributed by atoms with E-state index in [1.54, 1.807) is 10.6 Å². The molecular weight excluding hydrogens is 186 g/mol. The van der Waals surface area contributed by atoms with Crippen molar-refractivity contribution in [2.45, 2.75) is 0 Å². The van der Waals surface area contributed by atoms with Crippen molar-refractivity contribution in [2.75, 3.05) is 0 Å². The van der Waals surface area contributed by atoms with Gasteiger partial charge in [0, 0.05) is 18.0 Å². The van der Waals surface area contributed by atoms with Crippen LogP contribution in [0, 0.1) is 0 Å². The lowest BCUT2D eigenvalue weighted by atomic mass is 10.2. The third-order valence-corrected chi connectivity index (χ3v) is 2.52. The molecule has 2 nitrogen and oxygen atoms in total. The first-order valence-electron chi connectivity index (χ1n) is 3.93. The van der Waals surface area contributed by atoms with Gasteiger partial charge in [-0.3, -0.25) is 4.79 Å². The number of aryl methyl sites for hydroxylation is 1. The molecule has 0 atom stereocenters. The minimum absolute atomic E-state index is 0.643. The van der Waals surface area contributed by atoms with Gasteiger partial charge in [0.15, 0.2) is 6.29 Å². The predicted octanol–water partition coefficient (Wildman–Crippen LogP) is 2.64. The number of fused-ring (bicyclic) bond motifs is 1. The summed E-state index contributed by atoms with van der Waals surface area (Å²) in [6.07, 6.45) is 0.846. The number of hydrogen-bond donors (Lipinski definition) is 0. The highest BCUT2D eigenvalue weighted by Gasteiger charge is 2.06. The summed E-state index contributed by atoms with van der Waals surface area (Å²) in [6, 6.07) is 7.42. The van der Waals surface area contributed by atoms with Crippen molar-refractivity contribution < 1.29 is 4.79 Å². The van der Waals surface area contributed by atoms with Crippen LogP contribution in [0.4, 0.5) is 0 Å². The van der Waals surface area contributed by atoms with Gasteiger partial charge in [-0.25, -0.2) is 0 Å². The number of hydrogen-bond acceptors (Lipinski definition) is 1. The van der Waals surface area contributed by atoms with Crippen molar-refractivity contribution in [3.05, 3.63) is 35.0 Å². The molecular formula is C10H8ClNO. The molecule has 2 aromatic rings. The highest BCUT2D eigenvalue weighted by Crippen LogP contribution is 2.24. The minimum atomic E-state index is 0.643. The molecule has 2 rings (SSSR count). The van der Waals surface area contributed by atoms with Crippen molar-refractivity contribution in [3.8, 4) is 0 Å². The topological polar surface area (TPSA) is 22.0 Å². The summed E-state index contributed by atoms with van der Waals surface area (Å²) < 4.78 is 1.81. The van der Waals surface area contributed by atoms with Gasteiger partial charge < -0.3 is 4.57 Å². The van der Waals surface area contributed by atoms with Crippen LogP contribution in [0.3, 0.4) is 0 Å². The summed E-state index contributed by atoms with van der Waals surface area (Å²) in [7, 11) is 1.84. The lowest BCUT2D eigenvalue weighted by molar-refractivity contribution is 0.112. The van der Waals surface area contributed by atoms with Gasteiger partial charge in [-0.15, -0.1) is 0 Å². The summed E-state index contributed by atoms with van der Waals surface area (Å²) in [5.41, 5.74) is 1.56. The van der Waals surface area contributed by atoms with E-state index in [-0.39, 0.29) is 0 Å². The van der Waals surface area contributed by atoms with Crippen molar-refractivity contribution in [1.29, 1.82) is 0 Å². The second-order valence-corrected chi connectivity index (χ2v) is 3.32. The van der Waals surface area contributed by atoms with Crippen LogP contribution < -0.4 is 0 Å². The predicted molar refractivity (Wildman–Crippen MR) is 53.3 cm³/mol. The maximum Gasteiger partial charge on any atom is 0.152 e. The molecule has 1 heterocycles. The zero-order chi connectivity index (χ0) is 9.42. The van der Waals surface area contributed by atoms with Gasteiger partial charge in [0.2, 0.25) is 0 Å². The van der Waals surface area contributed by atoms with Crippen LogP contribution in [0.5, 0.6) is 0 Å². The van der Waals surface area contributed by atoms with E-state index < -0.39 is 0 Å². The number of aldehydes is 1. The van der Waals surface area contributed by atoms with Crippen molar-refractivity contribution in [3.63, 3.8) is 0 Å². The average Bonchev–Trinajstić information content (AvgIpc) is 2.43. The number of rotatable bonds is 1. The van der Waals surface area contributed by atoms with E-state index in [1.165, 1.54) is 0 Å². The second kappa shape index (κ2) is 2.89. The number of carbonyl (C=O) groups is 1. The van der Waals surface area contributed by atoms with Crippen LogP contribution in [0.2, 0.25) is 5.15 Å². The first-order valence-corrected chi connectivity index (χ1v) is 4.31. The standard InChI is InChI=1S/C10H8ClNO/c1-12-9(11)5-7-3-2-4-8(6-13)10(7)12/h2-6H,1H3. The van der Waals surface area contributed by atoms with Gasteiger partial charge in [-0.2, -0.15) is 0 Å². The molecule has 0 bridgehead atoms. The Labute approximate surface area is 80.7 Å². The first-order chi connectivity index (χ1) is 6.24. The minimum Gasteiger partial charge on any atom is -0.334 e. The maximum atomic E-state index is 10.7. The number of halogens is 1. The normalized spacial score (nSPS) is 10.6. The number of benzene rings is 1. The fourth-order valence-electron chi connectivity index (χ4n) is 1.51. The van der Waals surface area contributed by atoms with E-state index >= 15 is 0 Å². The van der Waals surface area contributed by atoms with Crippen molar-refractivity contribution in [1.82, 2.24) is 4.57 Å². The number of aromatic nitrogens is 1. The van der Waals surface area contributed by atoms with Crippen molar-refractivity contribution >= 4 is 28.8 Å². The Morgan fingerprint density at radius 1 is 1.46 bits per heavy atom. The molecule has 66 valence electrons. The van der Waals surface area contributed by atoms with E-state index in [4.69, 9.17) is 11.6 Å². The Balaban J connectivity index is 2.94. The molecule has 0 aliphatic rings. The van der Waals surface area contributed by atoms with Gasteiger partial charge in [-0.05, 0) is 12.1 Å². The Hall–Kier alpha value is -1.28. The summed E-state index contributed by atoms with van der Waals surface area (Å²) in [4.78, 5) is 10.7. The van der Waals surface area contributed by atoms with Gasteiger partial charge in [0.1, 0.15) is 5.15 Å². The van der Waals surface area contributed by atoms with E-state index in [0.717, 1.165) is 17.2 Å². The molecule has 0 N–H and O–H groups in total. The highest BCUT2D eigenvalue weighted by atomic mass is 35.5. The molecule has 0 aliphatic heterocycles. The largest absolute Gasteiger partial charge is 0.334 e. The first kappa shape index (κ1) is 8.32. The summed E-state index contributed by atoms with van der Waals surface area (Å²) in [5.74, 6) is 0. The molecule has 13 heavy (non-hydrogen) atoms. The Morgan fingerprint density at radius 2 is 2.23 bits per heavy atom.